The predicted molar refractivity (Wildman–Crippen MR) is 309 cm³/mol. The average molecular weight is 1170 g/mol. The quantitative estimate of drug-likeness (QED) is 0.0297. The van der Waals surface area contributed by atoms with Gasteiger partial charge in [0.25, 0.3) is 5.91 Å². The molecule has 0 heterocycles. The molecule has 0 rings (SSSR count). The van der Waals surface area contributed by atoms with Crippen LogP contribution in [0, 0.1) is 0 Å². The molecule has 0 aromatic carbocycles. The summed E-state index contributed by atoms with van der Waals surface area (Å²) in [7, 11) is 0. The number of nitrogens with one attached hydrogen (secondary N) is 7. The highest BCUT2D eigenvalue weighted by Gasteiger charge is 2.25. The summed E-state index contributed by atoms with van der Waals surface area (Å²) in [5.41, 5.74) is 0.603. The van der Waals surface area contributed by atoms with E-state index in [2.05, 4.69) is 55.5 Å². The first kappa shape index (κ1) is 76.4. The molecule has 5 amide bonds. The van der Waals surface area contributed by atoms with Gasteiger partial charge in [-0.3, -0.25) is 33.6 Å². The van der Waals surface area contributed by atoms with E-state index in [1.807, 2.05) is 20.8 Å². The molecule has 0 bridgehead atoms. The summed E-state index contributed by atoms with van der Waals surface area (Å²) in [6.07, 6.45) is 18.0. The van der Waals surface area contributed by atoms with Gasteiger partial charge in [-0.15, -0.1) is 0 Å². The van der Waals surface area contributed by atoms with Crippen molar-refractivity contribution < 1.29 is 82.5 Å². The number of aliphatic imine (C=N–C) groups is 1. The number of unbranched alkanes of at least 4 members (excludes halogenated alkanes) is 14. The van der Waals surface area contributed by atoms with Gasteiger partial charge in [0.05, 0.1) is 52.3 Å². The third-order valence-electron chi connectivity index (χ3n) is 13.0. The fourth-order valence-corrected chi connectivity index (χ4v) is 8.48. The van der Waals surface area contributed by atoms with E-state index in [0.29, 0.717) is 38.0 Å². The molecular formula is C57H102N8O17. The molecule has 0 aliphatic carbocycles. The fourth-order valence-electron chi connectivity index (χ4n) is 8.48. The third-order valence-corrected chi connectivity index (χ3v) is 13.0. The summed E-state index contributed by atoms with van der Waals surface area (Å²) in [5, 5.41) is 56.9. The number of ether oxygens (including phenoxy) is 4. The Kier molecular flexibility index (Phi) is 47.6. The highest BCUT2D eigenvalue weighted by atomic mass is 16.5. The van der Waals surface area contributed by atoms with Gasteiger partial charge in [-0.2, -0.15) is 0 Å². The second-order valence-corrected chi connectivity index (χ2v) is 20.8. The predicted octanol–water partition coefficient (Wildman–Crippen LogP) is 4.39. The maximum atomic E-state index is 12.5. The number of carboxylic acid groups (broad SMARTS) is 4. The Morgan fingerprint density at radius 3 is 1.34 bits per heavy atom. The van der Waals surface area contributed by atoms with Crippen LogP contribution >= 0.6 is 0 Å². The van der Waals surface area contributed by atoms with E-state index in [1.165, 1.54) is 57.8 Å². The number of rotatable bonds is 58. The van der Waals surface area contributed by atoms with Gasteiger partial charge in [-0.25, -0.2) is 14.6 Å². The molecule has 0 spiro atoms. The van der Waals surface area contributed by atoms with Crippen molar-refractivity contribution in [1.29, 1.82) is 0 Å². The van der Waals surface area contributed by atoms with Crippen molar-refractivity contribution in [2.24, 2.45) is 4.99 Å². The number of carbonyl (C=O) groups is 9. The molecule has 0 radical (unpaired) electrons. The second-order valence-electron chi connectivity index (χ2n) is 20.8. The monoisotopic (exact) mass is 1170 g/mol. The Hall–Kier alpha value is -5.60. The molecule has 2 unspecified atom stereocenters. The lowest BCUT2D eigenvalue weighted by Crippen LogP contribution is -2.45. The van der Waals surface area contributed by atoms with Gasteiger partial charge in [0.15, 0.2) is 0 Å². The molecule has 5 atom stereocenters. The standard InChI is InChI=1S/C57H102N8O17/c1-42(2)62-45(54(72)58-5)23-20-21-31-60-49(66)29-26-47(56(75)76)64-51(68)30-27-48(57(77)78)65-52(69)41-82-39-37-79-34-32-59-44(4)40-81-38-36-80-35-33-61-50(67)28-25-46(55(73)74)63-43(3)22-18-16-14-12-10-8-6-7-9-11-13-15-17-19-24-53(70)71/h42-43,45-48,59,62-63H,4-41H2,1-3H3,(H,60,66)(H,61,67)(H,64,68)(H,65,69)(H,70,71)(H,73,74)(H,75,76)(H,77,78)/t43?,45-,46-,47-,48?/m0/s1. The minimum absolute atomic E-state index is 0.0229. The minimum Gasteiger partial charge on any atom is -0.481 e. The smallest absolute Gasteiger partial charge is 0.326 e. The lowest BCUT2D eigenvalue weighted by Gasteiger charge is -2.20. The molecule has 0 saturated heterocycles. The number of amides is 5. The maximum absolute atomic E-state index is 12.5. The topological polar surface area (TPSA) is 368 Å². The van der Waals surface area contributed by atoms with Crippen LogP contribution in [0.5, 0.6) is 0 Å². The molecule has 0 aromatic rings. The Morgan fingerprint density at radius 1 is 0.415 bits per heavy atom. The molecule has 25 heteroatoms. The normalized spacial score (nSPS) is 13.0. The average Bonchev–Trinajstić information content (AvgIpc) is 3.42. The molecule has 82 heavy (non-hydrogen) atoms. The number of carbonyl (C=O) groups excluding carboxylic acids is 5. The van der Waals surface area contributed by atoms with Crippen LogP contribution in [0.1, 0.15) is 181 Å². The van der Waals surface area contributed by atoms with E-state index in [0.717, 1.165) is 38.5 Å². The van der Waals surface area contributed by atoms with Gasteiger partial charge in [0.2, 0.25) is 23.6 Å². The molecule has 25 nitrogen and oxygen atoms in total. The van der Waals surface area contributed by atoms with Crippen LogP contribution < -0.4 is 37.2 Å². The summed E-state index contributed by atoms with van der Waals surface area (Å²) in [5.74, 6) is -7.03. The lowest BCUT2D eigenvalue weighted by atomic mass is 10.0. The molecule has 0 fully saturated rings. The van der Waals surface area contributed by atoms with Crippen LogP contribution in [0.4, 0.5) is 0 Å². The first-order valence-corrected chi connectivity index (χ1v) is 29.5. The number of hydrogen-bond acceptors (Lipinski definition) is 16. The summed E-state index contributed by atoms with van der Waals surface area (Å²) in [6, 6.07) is -4.06. The molecule has 0 aliphatic heterocycles. The first-order chi connectivity index (χ1) is 39.2. The Labute approximate surface area is 485 Å². The van der Waals surface area contributed by atoms with Gasteiger partial charge < -0.3 is 76.6 Å². The molecule has 11 N–H and O–H groups in total. The maximum Gasteiger partial charge on any atom is 0.326 e. The van der Waals surface area contributed by atoms with Gasteiger partial charge in [0.1, 0.15) is 24.7 Å². The zero-order chi connectivity index (χ0) is 61.2. The SMILES string of the molecule is C=NC(=O)[C@H](CCCCNC(=O)CC[C@H](NC(=O)CCC(NC(=O)COCCOCCNC(=C)COCCOCCNC(=O)CC[C@H](NC(C)CCCCCCCCCCCCCCCCC(=O)O)C(=O)O)C(=O)O)C(=O)O)NC(C)C. The Balaban J connectivity index is 4.01. The molecule has 0 aliphatic rings. The third kappa shape index (κ3) is 46.9. The van der Waals surface area contributed by atoms with Gasteiger partial charge in [-0.1, -0.05) is 104 Å². The highest BCUT2D eigenvalue weighted by Crippen LogP contribution is 2.15. The van der Waals surface area contributed by atoms with Gasteiger partial charge in [0, 0.05) is 63.1 Å². The van der Waals surface area contributed by atoms with Crippen LogP contribution in [0.25, 0.3) is 0 Å². The molecule has 472 valence electrons. The van der Waals surface area contributed by atoms with E-state index < -0.39 is 78.8 Å². The van der Waals surface area contributed by atoms with Crippen molar-refractivity contribution in [2.75, 3.05) is 72.5 Å². The van der Waals surface area contributed by atoms with Crippen molar-refractivity contribution in [1.82, 2.24) is 37.2 Å². The van der Waals surface area contributed by atoms with Gasteiger partial charge in [-0.05, 0) is 65.0 Å². The summed E-state index contributed by atoms with van der Waals surface area (Å²) < 4.78 is 21.8. The summed E-state index contributed by atoms with van der Waals surface area (Å²) in [4.78, 5) is 111. The van der Waals surface area contributed by atoms with Crippen molar-refractivity contribution in [3.8, 4) is 0 Å². The summed E-state index contributed by atoms with van der Waals surface area (Å²) in [6.45, 7) is 14.9. The van der Waals surface area contributed by atoms with E-state index in [-0.39, 0.29) is 115 Å². The number of nitrogens with zero attached hydrogens (tertiary/aromatic N) is 1. The van der Waals surface area contributed by atoms with Crippen molar-refractivity contribution in [2.45, 2.75) is 218 Å². The number of hydrogen-bond donors (Lipinski definition) is 11. The largest absolute Gasteiger partial charge is 0.481 e. The van der Waals surface area contributed by atoms with Crippen LogP contribution in [0.15, 0.2) is 17.3 Å². The number of carboxylic acids is 4. The zero-order valence-corrected chi connectivity index (χ0v) is 49.4. The summed E-state index contributed by atoms with van der Waals surface area (Å²) >= 11 is 0. The lowest BCUT2D eigenvalue weighted by molar-refractivity contribution is -0.144. The van der Waals surface area contributed by atoms with E-state index in [4.69, 9.17) is 24.1 Å². The van der Waals surface area contributed by atoms with E-state index in [1.54, 1.807) is 0 Å². The van der Waals surface area contributed by atoms with Crippen molar-refractivity contribution >= 4 is 60.1 Å². The Morgan fingerprint density at radius 2 is 0.841 bits per heavy atom. The Bertz CT molecular complexity index is 1840. The van der Waals surface area contributed by atoms with Crippen molar-refractivity contribution in [3.05, 3.63) is 12.3 Å². The van der Waals surface area contributed by atoms with E-state index >= 15 is 0 Å². The second kappa shape index (κ2) is 51.1. The first-order valence-electron chi connectivity index (χ1n) is 29.5. The van der Waals surface area contributed by atoms with Crippen LogP contribution in [-0.4, -0.2) is 189 Å². The van der Waals surface area contributed by atoms with Crippen LogP contribution in [-0.2, 0) is 62.1 Å². The zero-order valence-electron chi connectivity index (χ0n) is 49.4. The minimum atomic E-state index is -1.46. The van der Waals surface area contributed by atoms with Crippen LogP contribution in [0.2, 0.25) is 0 Å². The van der Waals surface area contributed by atoms with Crippen molar-refractivity contribution in [3.63, 3.8) is 0 Å². The fraction of sp³-hybridized carbons (Fsp3) is 0.789. The molecule has 0 aromatic heterocycles. The highest BCUT2D eigenvalue weighted by molar-refractivity contribution is 5.87. The van der Waals surface area contributed by atoms with Crippen LogP contribution in [0.3, 0.4) is 0 Å². The molecule has 0 saturated carbocycles. The van der Waals surface area contributed by atoms with E-state index in [9.17, 15) is 58.5 Å². The van der Waals surface area contributed by atoms with Gasteiger partial charge >= 0.3 is 23.9 Å². The number of aliphatic carboxylic acids is 4. The molecular weight excluding hydrogens is 1070 g/mol.